The van der Waals surface area contributed by atoms with Gasteiger partial charge in [0.1, 0.15) is 0 Å². The van der Waals surface area contributed by atoms with Gasteiger partial charge in [0.15, 0.2) is 11.5 Å². The summed E-state index contributed by atoms with van der Waals surface area (Å²) < 4.78 is 5.47. The Hall–Kier alpha value is -1.79. The van der Waals surface area contributed by atoms with E-state index < -0.39 is 0 Å². The molecule has 122 valence electrons. The number of hydrogen-bond donors (Lipinski definition) is 1. The predicted molar refractivity (Wildman–Crippen MR) is 91.6 cm³/mol. The molecule has 1 amide bonds. The lowest BCUT2D eigenvalue weighted by Crippen LogP contribution is -2.35. The van der Waals surface area contributed by atoms with Crippen LogP contribution in [0, 0.1) is 0 Å². The highest BCUT2D eigenvalue weighted by molar-refractivity contribution is 7.98. The molecule has 0 fully saturated rings. The van der Waals surface area contributed by atoms with Gasteiger partial charge in [-0.25, -0.2) is 0 Å². The average Bonchev–Trinajstić information content (AvgIpc) is 3.03. The van der Waals surface area contributed by atoms with Crippen molar-refractivity contribution in [1.29, 1.82) is 0 Å². The van der Waals surface area contributed by atoms with E-state index in [0.717, 1.165) is 36.5 Å². The van der Waals surface area contributed by atoms with Gasteiger partial charge in [0.05, 0.1) is 0 Å². The number of nitrogens with one attached hydrogen (secondary N) is 1. The first-order valence-electron chi connectivity index (χ1n) is 7.95. The molecule has 1 aromatic heterocycles. The second-order valence-electron chi connectivity index (χ2n) is 5.41. The van der Waals surface area contributed by atoms with E-state index in [0.29, 0.717) is 18.0 Å². The van der Waals surface area contributed by atoms with Crippen molar-refractivity contribution in [2.75, 3.05) is 26.2 Å². The number of rotatable bonds is 6. The van der Waals surface area contributed by atoms with E-state index in [1.54, 1.807) is 11.8 Å². The lowest BCUT2D eigenvalue weighted by Gasteiger charge is -2.18. The number of nitrogens with zero attached hydrogens (tertiary/aromatic N) is 2. The Balaban J connectivity index is 1.71. The summed E-state index contributed by atoms with van der Waals surface area (Å²) in [4.78, 5) is 15.8. The molecule has 1 aliphatic heterocycles. The van der Waals surface area contributed by atoms with Gasteiger partial charge in [0.2, 0.25) is 0 Å². The molecule has 0 radical (unpaired) electrons. The van der Waals surface area contributed by atoms with Crippen molar-refractivity contribution in [3.8, 4) is 11.3 Å². The minimum atomic E-state index is -0.151. The molecule has 0 saturated heterocycles. The summed E-state index contributed by atoms with van der Waals surface area (Å²) >= 11 is 1.72. The second-order valence-corrected chi connectivity index (χ2v) is 6.42. The van der Waals surface area contributed by atoms with Crippen molar-refractivity contribution in [2.45, 2.75) is 24.5 Å². The molecule has 23 heavy (non-hydrogen) atoms. The van der Waals surface area contributed by atoms with Crippen molar-refractivity contribution in [3.05, 3.63) is 35.5 Å². The third kappa shape index (κ3) is 3.28. The standard InChI is InChI=1S/C17H21N3O2S/c1-3-20(4-2)10-9-18-17(21)15-13-11-23-14-8-6-5-7-12(14)16(13)22-19-15/h5-8H,3-4,9-11H2,1-2H3,(H,18,21). The van der Waals surface area contributed by atoms with Gasteiger partial charge in [-0.3, -0.25) is 4.79 Å². The normalized spacial score (nSPS) is 12.8. The fourth-order valence-corrected chi connectivity index (χ4v) is 3.77. The second kappa shape index (κ2) is 7.19. The first-order chi connectivity index (χ1) is 11.2. The monoisotopic (exact) mass is 331 g/mol. The van der Waals surface area contributed by atoms with Gasteiger partial charge in [-0.1, -0.05) is 31.1 Å². The van der Waals surface area contributed by atoms with Crippen LogP contribution in [0.1, 0.15) is 29.9 Å². The van der Waals surface area contributed by atoms with Gasteiger partial charge in [0, 0.05) is 34.9 Å². The third-order valence-corrected chi connectivity index (χ3v) is 5.21. The summed E-state index contributed by atoms with van der Waals surface area (Å²) in [5, 5.41) is 6.97. The maximum atomic E-state index is 12.4. The number of benzene rings is 1. The van der Waals surface area contributed by atoms with Crippen molar-refractivity contribution in [1.82, 2.24) is 15.4 Å². The zero-order chi connectivity index (χ0) is 16.2. The zero-order valence-electron chi connectivity index (χ0n) is 13.5. The molecule has 0 bridgehead atoms. The van der Waals surface area contributed by atoms with Gasteiger partial charge in [0.25, 0.3) is 5.91 Å². The molecule has 0 spiro atoms. The van der Waals surface area contributed by atoms with Gasteiger partial charge in [-0.2, -0.15) is 0 Å². The average molecular weight is 331 g/mol. The van der Waals surface area contributed by atoms with Gasteiger partial charge in [-0.15, -0.1) is 11.8 Å². The van der Waals surface area contributed by atoms with E-state index in [9.17, 15) is 4.79 Å². The molecule has 0 atom stereocenters. The highest BCUT2D eigenvalue weighted by Crippen LogP contribution is 2.42. The molecule has 1 N–H and O–H groups in total. The Bertz CT molecular complexity index is 695. The van der Waals surface area contributed by atoms with E-state index in [1.165, 1.54) is 4.90 Å². The minimum Gasteiger partial charge on any atom is -0.355 e. The van der Waals surface area contributed by atoms with Crippen molar-refractivity contribution >= 4 is 17.7 Å². The molecule has 1 aromatic carbocycles. The molecule has 6 heteroatoms. The zero-order valence-corrected chi connectivity index (χ0v) is 14.3. The van der Waals surface area contributed by atoms with Crippen LogP contribution in [0.2, 0.25) is 0 Å². The molecule has 2 heterocycles. The molecular weight excluding hydrogens is 310 g/mol. The molecule has 1 aliphatic rings. The number of fused-ring (bicyclic) bond motifs is 3. The van der Waals surface area contributed by atoms with Crippen LogP contribution in [0.4, 0.5) is 0 Å². The Kier molecular flexibility index (Phi) is 5.03. The largest absolute Gasteiger partial charge is 0.355 e. The summed E-state index contributed by atoms with van der Waals surface area (Å²) in [5.41, 5.74) is 2.34. The van der Waals surface area contributed by atoms with E-state index in [-0.39, 0.29) is 5.91 Å². The molecule has 3 rings (SSSR count). The lowest BCUT2D eigenvalue weighted by molar-refractivity contribution is 0.0939. The number of hydrogen-bond acceptors (Lipinski definition) is 5. The smallest absolute Gasteiger partial charge is 0.273 e. The fraction of sp³-hybridized carbons (Fsp3) is 0.412. The Labute approximate surface area is 140 Å². The predicted octanol–water partition coefficient (Wildman–Crippen LogP) is 3.02. The summed E-state index contributed by atoms with van der Waals surface area (Å²) in [6.45, 7) is 7.67. The first-order valence-corrected chi connectivity index (χ1v) is 8.94. The number of amides is 1. The maximum absolute atomic E-state index is 12.4. The highest BCUT2D eigenvalue weighted by atomic mass is 32.2. The summed E-state index contributed by atoms with van der Waals surface area (Å²) in [7, 11) is 0. The van der Waals surface area contributed by atoms with E-state index in [1.807, 2.05) is 18.2 Å². The van der Waals surface area contributed by atoms with Crippen LogP contribution in [0.3, 0.4) is 0 Å². The first kappa shape index (κ1) is 16.1. The van der Waals surface area contributed by atoms with Crippen LogP contribution >= 0.6 is 11.8 Å². The summed E-state index contributed by atoms with van der Waals surface area (Å²) in [6, 6.07) is 8.05. The van der Waals surface area contributed by atoms with Gasteiger partial charge < -0.3 is 14.7 Å². The number of aromatic nitrogens is 1. The third-order valence-electron chi connectivity index (χ3n) is 4.11. The van der Waals surface area contributed by atoms with Crippen LogP contribution in [0.5, 0.6) is 0 Å². The van der Waals surface area contributed by atoms with Crippen LogP contribution in [-0.4, -0.2) is 42.1 Å². The van der Waals surface area contributed by atoms with E-state index in [4.69, 9.17) is 4.52 Å². The van der Waals surface area contributed by atoms with Crippen LogP contribution in [0.15, 0.2) is 33.7 Å². The number of carbonyl (C=O) groups excluding carboxylic acids is 1. The summed E-state index contributed by atoms with van der Waals surface area (Å²) in [6.07, 6.45) is 0. The topological polar surface area (TPSA) is 58.4 Å². The Morgan fingerprint density at radius 2 is 2.13 bits per heavy atom. The van der Waals surface area contributed by atoms with Crippen molar-refractivity contribution in [2.24, 2.45) is 0 Å². The molecule has 2 aromatic rings. The Morgan fingerprint density at radius 1 is 1.35 bits per heavy atom. The SMILES string of the molecule is CCN(CC)CCNC(=O)c1noc2c1CSc1ccccc1-2. The fourth-order valence-electron chi connectivity index (χ4n) is 2.71. The van der Waals surface area contributed by atoms with Crippen LogP contribution in [-0.2, 0) is 5.75 Å². The summed E-state index contributed by atoms with van der Waals surface area (Å²) in [5.74, 6) is 1.30. The lowest BCUT2D eigenvalue weighted by atomic mass is 10.1. The highest BCUT2D eigenvalue weighted by Gasteiger charge is 2.27. The van der Waals surface area contributed by atoms with Crippen molar-refractivity contribution in [3.63, 3.8) is 0 Å². The molecule has 0 unspecified atom stereocenters. The van der Waals surface area contributed by atoms with Gasteiger partial charge in [-0.05, 0) is 25.2 Å². The Morgan fingerprint density at radius 3 is 2.91 bits per heavy atom. The molecule has 5 nitrogen and oxygen atoms in total. The maximum Gasteiger partial charge on any atom is 0.273 e. The minimum absolute atomic E-state index is 0.151. The number of carbonyl (C=O) groups is 1. The quantitative estimate of drug-likeness (QED) is 0.882. The molecule has 0 aliphatic carbocycles. The molecule has 0 saturated carbocycles. The van der Waals surface area contributed by atoms with Crippen LogP contribution < -0.4 is 5.32 Å². The number of thioether (sulfide) groups is 1. The van der Waals surface area contributed by atoms with Gasteiger partial charge >= 0.3 is 0 Å². The van der Waals surface area contributed by atoms with E-state index >= 15 is 0 Å². The van der Waals surface area contributed by atoms with Crippen molar-refractivity contribution < 1.29 is 9.32 Å². The van der Waals surface area contributed by atoms with E-state index in [2.05, 4.69) is 35.3 Å². The van der Waals surface area contributed by atoms with Crippen LogP contribution in [0.25, 0.3) is 11.3 Å². The molecular formula is C17H21N3O2S. The number of likely N-dealkylation sites (N-methyl/N-ethyl adjacent to an activating group) is 1.